The van der Waals surface area contributed by atoms with Crippen molar-refractivity contribution in [3.8, 4) is 0 Å². The van der Waals surface area contributed by atoms with E-state index in [-0.39, 0.29) is 11.0 Å². The number of hydrogen-bond donors (Lipinski definition) is 1. The second kappa shape index (κ2) is 5.54. The highest BCUT2D eigenvalue weighted by Gasteiger charge is 2.42. The molecular formula is C14H22N4O2. The normalized spacial score (nSPS) is 20.9. The summed E-state index contributed by atoms with van der Waals surface area (Å²) in [5.74, 6) is 0. The van der Waals surface area contributed by atoms with Crippen molar-refractivity contribution in [2.45, 2.75) is 25.8 Å². The average Bonchev–Trinajstić information content (AvgIpc) is 3.22. The maximum absolute atomic E-state index is 12.2. The molecule has 2 fully saturated rings. The molecule has 1 aliphatic carbocycles. The third-order valence-corrected chi connectivity index (χ3v) is 4.35. The zero-order chi connectivity index (χ0) is 14.0. The highest BCUT2D eigenvalue weighted by Crippen LogP contribution is 2.49. The number of anilines is 1. The maximum Gasteiger partial charge on any atom is 0.268 e. The first-order valence-corrected chi connectivity index (χ1v) is 7.32. The van der Waals surface area contributed by atoms with Gasteiger partial charge in [0.2, 0.25) is 0 Å². The summed E-state index contributed by atoms with van der Waals surface area (Å²) in [5, 5.41) is 4.34. The summed E-state index contributed by atoms with van der Waals surface area (Å²) in [5.41, 5.74) is 6.75. The van der Waals surface area contributed by atoms with Gasteiger partial charge < -0.3 is 15.4 Å². The van der Waals surface area contributed by atoms with Gasteiger partial charge in [-0.25, -0.2) is 4.68 Å². The second-order valence-electron chi connectivity index (χ2n) is 5.85. The molecule has 0 spiro atoms. The van der Waals surface area contributed by atoms with E-state index in [2.05, 4.69) is 10.00 Å². The Balaban J connectivity index is 1.72. The zero-order valence-corrected chi connectivity index (χ0v) is 11.8. The fourth-order valence-electron chi connectivity index (χ4n) is 2.83. The highest BCUT2D eigenvalue weighted by molar-refractivity contribution is 5.43. The van der Waals surface area contributed by atoms with Crippen molar-refractivity contribution in [1.82, 2.24) is 9.78 Å². The lowest BCUT2D eigenvalue weighted by molar-refractivity contribution is 0.122. The minimum atomic E-state index is -0.0164. The Morgan fingerprint density at radius 3 is 2.70 bits per heavy atom. The molecule has 2 N–H and O–H groups in total. The summed E-state index contributed by atoms with van der Waals surface area (Å²) in [4.78, 5) is 14.4. The predicted molar refractivity (Wildman–Crippen MR) is 76.9 cm³/mol. The molecule has 6 heteroatoms. The molecule has 0 aromatic carbocycles. The van der Waals surface area contributed by atoms with Crippen molar-refractivity contribution in [2.24, 2.45) is 11.1 Å². The summed E-state index contributed by atoms with van der Waals surface area (Å²) in [7, 11) is 0. The molecule has 1 saturated heterocycles. The van der Waals surface area contributed by atoms with Crippen LogP contribution in [0, 0.1) is 5.41 Å². The molecule has 3 rings (SSSR count). The standard InChI is InChI=1S/C14H22N4O2/c15-4-3-14(1-2-14)11-18-13(19)9-12(10-16-18)17-5-7-20-8-6-17/h9-10H,1-8,11,15H2. The van der Waals surface area contributed by atoms with Crippen LogP contribution < -0.4 is 16.2 Å². The van der Waals surface area contributed by atoms with Crippen LogP contribution >= 0.6 is 0 Å². The third-order valence-electron chi connectivity index (χ3n) is 4.35. The van der Waals surface area contributed by atoms with E-state index in [0.717, 1.165) is 38.0 Å². The van der Waals surface area contributed by atoms with Crippen molar-refractivity contribution in [1.29, 1.82) is 0 Å². The minimum Gasteiger partial charge on any atom is -0.378 e. The van der Waals surface area contributed by atoms with Crippen molar-refractivity contribution in [3.05, 3.63) is 22.6 Å². The molecule has 1 aromatic rings. The maximum atomic E-state index is 12.2. The van der Waals surface area contributed by atoms with Gasteiger partial charge in [-0.05, 0) is 31.2 Å². The Bertz CT molecular complexity index is 518. The first-order valence-electron chi connectivity index (χ1n) is 7.32. The van der Waals surface area contributed by atoms with E-state index in [4.69, 9.17) is 10.5 Å². The second-order valence-corrected chi connectivity index (χ2v) is 5.85. The molecule has 2 aliphatic rings. The van der Waals surface area contributed by atoms with Gasteiger partial charge in [0.25, 0.3) is 5.56 Å². The van der Waals surface area contributed by atoms with Gasteiger partial charge in [0.05, 0.1) is 31.6 Å². The summed E-state index contributed by atoms with van der Waals surface area (Å²) >= 11 is 0. The quantitative estimate of drug-likeness (QED) is 0.833. The van der Waals surface area contributed by atoms with Crippen molar-refractivity contribution < 1.29 is 4.74 Å². The topological polar surface area (TPSA) is 73.4 Å². The van der Waals surface area contributed by atoms with Crippen LogP contribution in [0.5, 0.6) is 0 Å². The molecule has 1 aliphatic heterocycles. The lowest BCUT2D eigenvalue weighted by Gasteiger charge is -2.28. The van der Waals surface area contributed by atoms with Crippen LogP contribution in [0.4, 0.5) is 5.69 Å². The Morgan fingerprint density at radius 1 is 1.35 bits per heavy atom. The molecule has 0 amide bonds. The zero-order valence-electron chi connectivity index (χ0n) is 11.8. The van der Waals surface area contributed by atoms with Gasteiger partial charge >= 0.3 is 0 Å². The van der Waals surface area contributed by atoms with E-state index in [1.165, 1.54) is 0 Å². The molecule has 0 atom stereocenters. The van der Waals surface area contributed by atoms with Crippen LogP contribution in [-0.2, 0) is 11.3 Å². The first-order chi connectivity index (χ1) is 9.72. The summed E-state index contributed by atoms with van der Waals surface area (Å²) in [6.07, 6.45) is 5.09. The van der Waals surface area contributed by atoms with Crippen LogP contribution in [-0.4, -0.2) is 42.6 Å². The van der Waals surface area contributed by atoms with Gasteiger partial charge in [-0.3, -0.25) is 4.79 Å². The summed E-state index contributed by atoms with van der Waals surface area (Å²) in [6, 6.07) is 1.69. The van der Waals surface area contributed by atoms with Crippen LogP contribution in [0.15, 0.2) is 17.1 Å². The van der Waals surface area contributed by atoms with Crippen LogP contribution in [0.1, 0.15) is 19.3 Å². The van der Waals surface area contributed by atoms with Crippen LogP contribution in [0.3, 0.4) is 0 Å². The molecule has 110 valence electrons. The Morgan fingerprint density at radius 2 is 2.10 bits per heavy atom. The molecule has 1 aromatic heterocycles. The number of rotatable bonds is 5. The highest BCUT2D eigenvalue weighted by atomic mass is 16.5. The van der Waals surface area contributed by atoms with Crippen molar-refractivity contribution in [3.63, 3.8) is 0 Å². The van der Waals surface area contributed by atoms with Gasteiger partial charge in [0.15, 0.2) is 0 Å². The van der Waals surface area contributed by atoms with Crippen molar-refractivity contribution in [2.75, 3.05) is 37.7 Å². The van der Waals surface area contributed by atoms with E-state index in [9.17, 15) is 4.79 Å². The van der Waals surface area contributed by atoms with E-state index in [0.29, 0.717) is 26.3 Å². The fourth-order valence-corrected chi connectivity index (χ4v) is 2.83. The van der Waals surface area contributed by atoms with E-state index in [1.54, 1.807) is 16.9 Å². The van der Waals surface area contributed by atoms with Crippen LogP contribution in [0.2, 0.25) is 0 Å². The Labute approximate surface area is 118 Å². The molecule has 6 nitrogen and oxygen atoms in total. The van der Waals surface area contributed by atoms with Gasteiger partial charge in [0.1, 0.15) is 0 Å². The van der Waals surface area contributed by atoms with Gasteiger partial charge in [-0.1, -0.05) is 0 Å². The lowest BCUT2D eigenvalue weighted by atomic mass is 10.0. The molecule has 2 heterocycles. The molecule has 1 saturated carbocycles. The average molecular weight is 278 g/mol. The largest absolute Gasteiger partial charge is 0.378 e. The van der Waals surface area contributed by atoms with Gasteiger partial charge in [-0.2, -0.15) is 5.10 Å². The number of nitrogens with two attached hydrogens (primary N) is 1. The Kier molecular flexibility index (Phi) is 3.76. The smallest absolute Gasteiger partial charge is 0.268 e. The summed E-state index contributed by atoms with van der Waals surface area (Å²) < 4.78 is 6.91. The number of ether oxygens (including phenoxy) is 1. The summed E-state index contributed by atoms with van der Waals surface area (Å²) in [6.45, 7) is 4.45. The first kappa shape index (κ1) is 13.6. The Hall–Kier alpha value is -1.40. The molecule has 20 heavy (non-hydrogen) atoms. The van der Waals surface area contributed by atoms with Crippen molar-refractivity contribution >= 4 is 5.69 Å². The molecule has 0 radical (unpaired) electrons. The van der Waals surface area contributed by atoms with Crippen LogP contribution in [0.25, 0.3) is 0 Å². The number of hydrogen-bond acceptors (Lipinski definition) is 5. The molecular weight excluding hydrogens is 256 g/mol. The number of morpholine rings is 1. The van der Waals surface area contributed by atoms with Gasteiger partial charge in [-0.15, -0.1) is 0 Å². The molecule has 0 bridgehead atoms. The number of aromatic nitrogens is 2. The SMILES string of the molecule is NCCC1(Cn2ncc(N3CCOCC3)cc2=O)CC1. The van der Waals surface area contributed by atoms with E-state index >= 15 is 0 Å². The lowest BCUT2D eigenvalue weighted by Crippen LogP contribution is -2.37. The fraction of sp³-hybridized carbons (Fsp3) is 0.714. The minimum absolute atomic E-state index is 0.0164. The van der Waals surface area contributed by atoms with E-state index < -0.39 is 0 Å². The number of nitrogens with zero attached hydrogens (tertiary/aromatic N) is 3. The predicted octanol–water partition coefficient (Wildman–Crippen LogP) is 0.209. The third kappa shape index (κ3) is 2.86. The molecule has 0 unspecified atom stereocenters. The van der Waals surface area contributed by atoms with Gasteiger partial charge in [0, 0.05) is 19.2 Å². The monoisotopic (exact) mass is 278 g/mol. The van der Waals surface area contributed by atoms with E-state index in [1.807, 2.05) is 0 Å².